The van der Waals surface area contributed by atoms with Gasteiger partial charge in [-0.05, 0) is 29.6 Å². The molecule has 1 aliphatic rings. The van der Waals surface area contributed by atoms with Gasteiger partial charge in [0, 0.05) is 0 Å². The maximum atomic E-state index is 5.70. The first-order chi connectivity index (χ1) is 7.83. The average Bonchev–Trinajstić information content (AvgIpc) is 2.75. The second-order valence-electron chi connectivity index (χ2n) is 3.81. The second kappa shape index (κ2) is 3.75. The molecule has 1 unspecified atom stereocenters. The Bertz CT molecular complexity index is 511. The zero-order chi connectivity index (χ0) is 11.0. The molecule has 0 fully saturated rings. The molecule has 1 aromatic heterocycles. The highest BCUT2D eigenvalue weighted by molar-refractivity contribution is 7.05. The Morgan fingerprint density at radius 3 is 3.06 bits per heavy atom. The zero-order valence-corrected chi connectivity index (χ0v) is 9.41. The number of hydrogen-bond donors (Lipinski definition) is 1. The molecule has 2 heterocycles. The van der Waals surface area contributed by atoms with Crippen molar-refractivity contribution in [3.05, 3.63) is 34.8 Å². The highest BCUT2D eigenvalue weighted by atomic mass is 32.1. The molecular formula is C11H11N3OS. The summed E-state index contributed by atoms with van der Waals surface area (Å²) in [4.78, 5) is 4.21. The van der Waals surface area contributed by atoms with Crippen molar-refractivity contribution in [1.29, 1.82) is 0 Å². The number of nitrogens with zero attached hydrogens (tertiary/aromatic N) is 2. The summed E-state index contributed by atoms with van der Waals surface area (Å²) in [5, 5.41) is 0.965. The first-order valence-corrected chi connectivity index (χ1v) is 5.90. The molecule has 0 amide bonds. The molecule has 0 radical (unpaired) electrons. The number of nitrogen functional groups attached to an aromatic ring is 1. The Balaban J connectivity index is 1.88. The third-order valence-corrected chi connectivity index (χ3v) is 3.58. The van der Waals surface area contributed by atoms with Gasteiger partial charge < -0.3 is 10.5 Å². The van der Waals surface area contributed by atoms with Crippen molar-refractivity contribution in [2.45, 2.75) is 12.3 Å². The molecule has 5 heteroatoms. The van der Waals surface area contributed by atoms with Gasteiger partial charge in [-0.1, -0.05) is 18.2 Å². The average molecular weight is 233 g/mol. The fraction of sp³-hybridized carbons (Fsp3) is 0.273. The molecule has 1 aliphatic heterocycles. The van der Waals surface area contributed by atoms with Crippen molar-refractivity contribution in [3.8, 4) is 5.75 Å². The highest BCUT2D eigenvalue weighted by Crippen LogP contribution is 2.32. The molecule has 0 saturated carbocycles. The number of aromatic nitrogens is 2. The summed E-state index contributed by atoms with van der Waals surface area (Å²) in [6.45, 7) is 0.658. The fourth-order valence-electron chi connectivity index (χ4n) is 1.90. The van der Waals surface area contributed by atoms with Gasteiger partial charge in [-0.15, -0.1) is 0 Å². The summed E-state index contributed by atoms with van der Waals surface area (Å²) >= 11 is 1.36. The predicted octanol–water partition coefficient (Wildman–Crippen LogP) is 1.84. The molecule has 1 atom stereocenters. The first-order valence-electron chi connectivity index (χ1n) is 5.13. The predicted molar refractivity (Wildman–Crippen MR) is 62.7 cm³/mol. The van der Waals surface area contributed by atoms with Crippen molar-refractivity contribution < 1.29 is 4.74 Å². The molecule has 2 aromatic rings. The molecular weight excluding hydrogens is 222 g/mol. The van der Waals surface area contributed by atoms with Gasteiger partial charge in [0.1, 0.15) is 10.8 Å². The van der Waals surface area contributed by atoms with Crippen LogP contribution in [0.25, 0.3) is 0 Å². The maximum Gasteiger partial charge on any atom is 0.232 e. The van der Waals surface area contributed by atoms with Crippen molar-refractivity contribution in [2.24, 2.45) is 0 Å². The van der Waals surface area contributed by atoms with Gasteiger partial charge in [0.25, 0.3) is 0 Å². The van der Waals surface area contributed by atoms with E-state index in [2.05, 4.69) is 15.4 Å². The quantitative estimate of drug-likeness (QED) is 0.816. The highest BCUT2D eigenvalue weighted by Gasteiger charge is 2.23. The van der Waals surface area contributed by atoms with E-state index in [9.17, 15) is 0 Å². The first kappa shape index (κ1) is 9.59. The van der Waals surface area contributed by atoms with Crippen molar-refractivity contribution in [3.63, 3.8) is 0 Å². The van der Waals surface area contributed by atoms with Crippen LogP contribution in [0.4, 0.5) is 5.95 Å². The SMILES string of the molecule is Nc1nsc(C2COc3ccccc3C2)n1. The van der Waals surface area contributed by atoms with Crippen LogP contribution in [0.15, 0.2) is 24.3 Å². The summed E-state index contributed by atoms with van der Waals surface area (Å²) in [5.74, 6) is 1.62. The molecule has 2 N–H and O–H groups in total. The number of para-hydroxylation sites is 1. The van der Waals surface area contributed by atoms with Crippen LogP contribution in [0, 0.1) is 0 Å². The minimum absolute atomic E-state index is 0.282. The lowest BCUT2D eigenvalue weighted by Crippen LogP contribution is -2.18. The molecule has 0 spiro atoms. The van der Waals surface area contributed by atoms with Crippen LogP contribution >= 0.6 is 11.5 Å². The van der Waals surface area contributed by atoms with E-state index < -0.39 is 0 Å². The van der Waals surface area contributed by atoms with E-state index in [0.717, 1.165) is 17.2 Å². The number of benzene rings is 1. The van der Waals surface area contributed by atoms with Gasteiger partial charge in [-0.2, -0.15) is 4.37 Å². The molecule has 16 heavy (non-hydrogen) atoms. The lowest BCUT2D eigenvalue weighted by Gasteiger charge is -2.23. The summed E-state index contributed by atoms with van der Waals surface area (Å²) < 4.78 is 9.70. The van der Waals surface area contributed by atoms with Crippen molar-refractivity contribution >= 4 is 17.5 Å². The van der Waals surface area contributed by atoms with Gasteiger partial charge in [0.15, 0.2) is 0 Å². The number of nitrogens with two attached hydrogens (primary N) is 1. The summed E-state index contributed by atoms with van der Waals surface area (Å²) in [5.41, 5.74) is 6.76. The van der Waals surface area contributed by atoms with Crippen molar-refractivity contribution in [2.75, 3.05) is 12.3 Å². The van der Waals surface area contributed by atoms with Gasteiger partial charge >= 0.3 is 0 Å². The minimum Gasteiger partial charge on any atom is -0.493 e. The van der Waals surface area contributed by atoms with E-state index in [1.165, 1.54) is 17.1 Å². The van der Waals surface area contributed by atoms with E-state index in [1.54, 1.807) is 0 Å². The monoisotopic (exact) mass is 233 g/mol. The molecule has 82 valence electrons. The topological polar surface area (TPSA) is 61.0 Å². The maximum absolute atomic E-state index is 5.70. The van der Waals surface area contributed by atoms with E-state index in [0.29, 0.717) is 12.6 Å². The molecule has 0 saturated heterocycles. The molecule has 0 bridgehead atoms. The Labute approximate surface area is 97.3 Å². The van der Waals surface area contributed by atoms with Gasteiger partial charge in [-0.3, -0.25) is 0 Å². The number of fused-ring (bicyclic) bond motifs is 1. The summed E-state index contributed by atoms with van der Waals surface area (Å²) in [6, 6.07) is 8.10. The van der Waals surface area contributed by atoms with Crippen LogP contribution in [0.3, 0.4) is 0 Å². The fourth-order valence-corrected chi connectivity index (χ4v) is 2.56. The van der Waals surface area contributed by atoms with Gasteiger partial charge in [-0.25, -0.2) is 4.98 Å². The number of hydrogen-bond acceptors (Lipinski definition) is 5. The second-order valence-corrected chi connectivity index (χ2v) is 4.59. The lowest BCUT2D eigenvalue weighted by atomic mass is 9.97. The Kier molecular flexibility index (Phi) is 2.25. The number of anilines is 1. The summed E-state index contributed by atoms with van der Waals surface area (Å²) in [6.07, 6.45) is 0.949. The Hall–Kier alpha value is -1.62. The zero-order valence-electron chi connectivity index (χ0n) is 8.59. The third-order valence-electron chi connectivity index (χ3n) is 2.69. The van der Waals surface area contributed by atoms with E-state index in [-0.39, 0.29) is 5.92 Å². The minimum atomic E-state index is 0.282. The van der Waals surface area contributed by atoms with Crippen LogP contribution in [0.2, 0.25) is 0 Å². The van der Waals surface area contributed by atoms with E-state index in [1.807, 2.05) is 18.2 Å². The number of ether oxygens (including phenoxy) is 1. The summed E-state index contributed by atoms with van der Waals surface area (Å²) in [7, 11) is 0. The molecule has 3 rings (SSSR count). The largest absolute Gasteiger partial charge is 0.493 e. The smallest absolute Gasteiger partial charge is 0.232 e. The van der Waals surface area contributed by atoms with Crippen LogP contribution in [-0.4, -0.2) is 16.0 Å². The lowest BCUT2D eigenvalue weighted by molar-refractivity contribution is 0.262. The normalized spacial score (nSPS) is 18.9. The van der Waals surface area contributed by atoms with Gasteiger partial charge in [0.05, 0.1) is 12.5 Å². The van der Waals surface area contributed by atoms with Crippen LogP contribution in [-0.2, 0) is 6.42 Å². The molecule has 1 aromatic carbocycles. The van der Waals surface area contributed by atoms with Crippen LogP contribution < -0.4 is 10.5 Å². The third kappa shape index (κ3) is 1.63. The van der Waals surface area contributed by atoms with Crippen LogP contribution in [0.1, 0.15) is 16.5 Å². The Morgan fingerprint density at radius 1 is 1.38 bits per heavy atom. The van der Waals surface area contributed by atoms with E-state index in [4.69, 9.17) is 10.5 Å². The molecule has 4 nitrogen and oxygen atoms in total. The molecule has 0 aliphatic carbocycles. The number of rotatable bonds is 1. The van der Waals surface area contributed by atoms with Crippen LogP contribution in [0.5, 0.6) is 5.75 Å². The van der Waals surface area contributed by atoms with Crippen molar-refractivity contribution in [1.82, 2.24) is 9.36 Å². The Morgan fingerprint density at radius 2 is 2.25 bits per heavy atom. The van der Waals surface area contributed by atoms with Gasteiger partial charge in [0.2, 0.25) is 5.95 Å². The standard InChI is InChI=1S/C11H11N3OS/c12-11-13-10(16-14-11)8-5-7-3-1-2-4-9(7)15-6-8/h1-4,8H,5-6H2,(H2,12,14). The van der Waals surface area contributed by atoms with E-state index >= 15 is 0 Å².